The van der Waals surface area contributed by atoms with E-state index in [0.29, 0.717) is 66.8 Å². The van der Waals surface area contributed by atoms with Crippen molar-refractivity contribution in [3.05, 3.63) is 65.0 Å². The number of piperazine rings is 1. The summed E-state index contributed by atoms with van der Waals surface area (Å²) < 4.78 is 27.0. The number of halogens is 2. The summed E-state index contributed by atoms with van der Waals surface area (Å²) in [5.41, 5.74) is 1.08. The molecule has 5 rings (SSSR count). The largest absolute Gasteiger partial charge is 0.454 e. The molecule has 0 atom stereocenters. The molecule has 0 radical (unpaired) electrons. The molecule has 0 unspecified atom stereocenters. The van der Waals surface area contributed by atoms with E-state index in [1.165, 1.54) is 12.4 Å². The van der Waals surface area contributed by atoms with Crippen LogP contribution in [0.2, 0.25) is 0 Å². The molecule has 220 valence electrons. The maximum absolute atomic E-state index is 15.0. The molecule has 2 aromatic heterocycles. The summed E-state index contributed by atoms with van der Waals surface area (Å²) in [7, 11) is 0. The summed E-state index contributed by atoms with van der Waals surface area (Å²) in [6.07, 6.45) is 8.12. The normalized spacial score (nSPS) is 15.8. The van der Waals surface area contributed by atoms with E-state index in [0.717, 1.165) is 4.47 Å². The second kappa shape index (κ2) is 12.3. The van der Waals surface area contributed by atoms with E-state index in [1.54, 1.807) is 40.5 Å². The van der Waals surface area contributed by atoms with Gasteiger partial charge in [0.2, 0.25) is 0 Å². The van der Waals surface area contributed by atoms with Crippen LogP contribution in [0.15, 0.2) is 64.3 Å². The number of carbonyl (C=O) groups excluding carboxylic acids is 1. The third kappa shape index (κ3) is 6.96. The number of hydrogen-bond acceptors (Lipinski definition) is 10. The van der Waals surface area contributed by atoms with Crippen LogP contribution < -0.4 is 15.0 Å². The first-order valence-electron chi connectivity index (χ1n) is 13.5. The number of pyridine rings is 1. The van der Waals surface area contributed by atoms with Crippen LogP contribution in [0.4, 0.5) is 26.5 Å². The molecular weight excluding hydrogens is 607 g/mol. The molecule has 13 heteroatoms. The molecule has 1 N–H and O–H groups in total. The molecule has 1 fully saturated rings. The van der Waals surface area contributed by atoms with Crippen LogP contribution in [0.5, 0.6) is 5.75 Å². The lowest BCUT2D eigenvalue weighted by Gasteiger charge is -2.36. The lowest BCUT2D eigenvalue weighted by atomic mass is 10.2. The Bertz CT molecular complexity index is 1560. The molecule has 2 aliphatic rings. The predicted molar refractivity (Wildman–Crippen MR) is 163 cm³/mol. The second-order valence-corrected chi connectivity index (χ2v) is 11.5. The molecule has 3 aromatic rings. The Labute approximate surface area is 251 Å². The summed E-state index contributed by atoms with van der Waals surface area (Å²) in [4.78, 5) is 29.9. The molecule has 0 saturated carbocycles. The second-order valence-electron chi connectivity index (χ2n) is 10.6. The first-order valence-corrected chi connectivity index (χ1v) is 14.3. The van der Waals surface area contributed by atoms with Crippen molar-refractivity contribution in [2.45, 2.75) is 33.3 Å². The minimum absolute atomic E-state index is 0.103. The van der Waals surface area contributed by atoms with Crippen LogP contribution in [0.25, 0.3) is 11.0 Å². The minimum Gasteiger partial charge on any atom is -0.454 e. The fraction of sp³-hybridized carbons (Fsp3) is 0.345. The quantitative estimate of drug-likeness (QED) is 0.334. The van der Waals surface area contributed by atoms with Crippen LogP contribution in [-0.2, 0) is 4.74 Å². The number of amides is 1. The van der Waals surface area contributed by atoms with Gasteiger partial charge in [-0.25, -0.2) is 24.1 Å². The molecule has 0 spiro atoms. The summed E-state index contributed by atoms with van der Waals surface area (Å²) in [6, 6.07) is 6.50. The van der Waals surface area contributed by atoms with Gasteiger partial charge >= 0.3 is 6.09 Å². The number of rotatable bonds is 6. The molecule has 1 aromatic carbocycles. The Hall–Kier alpha value is -4.26. The fourth-order valence-corrected chi connectivity index (χ4v) is 4.96. The molecule has 4 heterocycles. The number of benzene rings is 1. The van der Waals surface area contributed by atoms with Crippen molar-refractivity contribution >= 4 is 56.6 Å². The highest BCUT2D eigenvalue weighted by Gasteiger charge is 2.27. The third-order valence-corrected chi connectivity index (χ3v) is 6.94. The first kappa shape index (κ1) is 29.2. The van der Waals surface area contributed by atoms with E-state index in [1.807, 2.05) is 39.8 Å². The van der Waals surface area contributed by atoms with E-state index in [2.05, 4.69) is 41.2 Å². The Morgan fingerprint density at radius 1 is 1.17 bits per heavy atom. The third-order valence-electron chi connectivity index (χ3n) is 6.35. The smallest absolute Gasteiger partial charge is 0.410 e. The number of nitrogens with zero attached hydrogens (tertiary/aromatic N) is 7. The Kier molecular flexibility index (Phi) is 8.57. The highest BCUT2D eigenvalue weighted by molar-refractivity contribution is 9.10. The van der Waals surface area contributed by atoms with E-state index >= 15 is 4.39 Å². The number of hydrogen-bond donors (Lipinski definition) is 1. The lowest BCUT2D eigenvalue weighted by Crippen LogP contribution is -2.50. The number of hydrazone groups is 1. The van der Waals surface area contributed by atoms with Gasteiger partial charge in [-0.3, -0.25) is 5.01 Å². The molecular formula is C29H32BrFN8O3. The van der Waals surface area contributed by atoms with Crippen LogP contribution >= 0.6 is 15.9 Å². The van der Waals surface area contributed by atoms with Gasteiger partial charge in [0.15, 0.2) is 17.4 Å². The SMILES string of the molecule is C/C=N\N1C=CC(Oc2ccc(Nc3ncnc4cc(Br)c(N5CCN(C(=O)OC(C)(C)C)CC5)nc34)cc2F)=CC1. The summed E-state index contributed by atoms with van der Waals surface area (Å²) in [5.74, 6) is 1.25. The van der Waals surface area contributed by atoms with Gasteiger partial charge in [0.25, 0.3) is 0 Å². The van der Waals surface area contributed by atoms with Crippen molar-refractivity contribution in [1.82, 2.24) is 24.9 Å². The predicted octanol–water partition coefficient (Wildman–Crippen LogP) is 5.82. The van der Waals surface area contributed by atoms with E-state index in [-0.39, 0.29) is 11.8 Å². The fourth-order valence-electron chi connectivity index (χ4n) is 4.40. The highest BCUT2D eigenvalue weighted by atomic mass is 79.9. The molecule has 0 bridgehead atoms. The van der Waals surface area contributed by atoms with Gasteiger partial charge in [0.1, 0.15) is 29.0 Å². The zero-order valence-electron chi connectivity index (χ0n) is 23.8. The number of carbonyl (C=O) groups is 1. The average Bonchev–Trinajstić information content (AvgIpc) is 2.95. The Balaban J connectivity index is 1.30. The molecule has 0 aliphatic carbocycles. The van der Waals surface area contributed by atoms with Gasteiger partial charge in [0, 0.05) is 50.3 Å². The number of anilines is 3. The monoisotopic (exact) mass is 638 g/mol. The van der Waals surface area contributed by atoms with E-state index in [9.17, 15) is 4.79 Å². The van der Waals surface area contributed by atoms with Crippen molar-refractivity contribution in [2.24, 2.45) is 5.10 Å². The van der Waals surface area contributed by atoms with Gasteiger partial charge in [0.05, 0.1) is 16.5 Å². The van der Waals surface area contributed by atoms with Crippen LogP contribution in [0.3, 0.4) is 0 Å². The number of nitrogens with one attached hydrogen (secondary N) is 1. The van der Waals surface area contributed by atoms with E-state index < -0.39 is 11.4 Å². The minimum atomic E-state index is -0.548. The number of aromatic nitrogens is 3. The van der Waals surface area contributed by atoms with Crippen molar-refractivity contribution in [3.63, 3.8) is 0 Å². The zero-order chi connectivity index (χ0) is 29.9. The highest BCUT2D eigenvalue weighted by Crippen LogP contribution is 2.32. The van der Waals surface area contributed by atoms with Crippen molar-refractivity contribution in [3.8, 4) is 5.75 Å². The number of fused-ring (bicyclic) bond motifs is 1. The van der Waals surface area contributed by atoms with Gasteiger partial charge in [-0.2, -0.15) is 5.10 Å². The van der Waals surface area contributed by atoms with Gasteiger partial charge < -0.3 is 24.6 Å². The topological polar surface area (TPSA) is 108 Å². The molecule has 1 saturated heterocycles. The van der Waals surface area contributed by atoms with Gasteiger partial charge in [-0.1, -0.05) is 0 Å². The van der Waals surface area contributed by atoms with Crippen LogP contribution in [-0.4, -0.2) is 75.5 Å². The number of ether oxygens (including phenoxy) is 2. The number of allylic oxidation sites excluding steroid dienone is 1. The van der Waals surface area contributed by atoms with Crippen molar-refractivity contribution < 1.29 is 18.7 Å². The average molecular weight is 640 g/mol. The van der Waals surface area contributed by atoms with Crippen molar-refractivity contribution in [1.29, 1.82) is 0 Å². The molecule has 2 aliphatic heterocycles. The summed E-state index contributed by atoms with van der Waals surface area (Å²) in [5, 5.41) is 9.08. The lowest BCUT2D eigenvalue weighted by molar-refractivity contribution is 0.0240. The Morgan fingerprint density at radius 2 is 1.95 bits per heavy atom. The van der Waals surface area contributed by atoms with Gasteiger partial charge in [-0.15, -0.1) is 0 Å². The first-order chi connectivity index (χ1) is 20.1. The van der Waals surface area contributed by atoms with Crippen LogP contribution in [0.1, 0.15) is 27.7 Å². The maximum atomic E-state index is 15.0. The molecule has 11 nitrogen and oxygen atoms in total. The van der Waals surface area contributed by atoms with Crippen molar-refractivity contribution in [2.75, 3.05) is 42.9 Å². The molecule has 42 heavy (non-hydrogen) atoms. The van der Waals surface area contributed by atoms with E-state index in [4.69, 9.17) is 14.5 Å². The van der Waals surface area contributed by atoms with Gasteiger partial charge in [-0.05, 0) is 74.0 Å². The summed E-state index contributed by atoms with van der Waals surface area (Å²) >= 11 is 3.62. The maximum Gasteiger partial charge on any atom is 0.410 e. The Morgan fingerprint density at radius 3 is 2.62 bits per heavy atom. The zero-order valence-corrected chi connectivity index (χ0v) is 25.4. The van der Waals surface area contributed by atoms with Crippen LogP contribution in [0, 0.1) is 5.82 Å². The standard InChI is InChI=1S/C29H32BrFN8O3/c1-5-34-39-10-8-20(9-11-39)41-24-7-6-19(16-22(24)31)35-26-25-23(32-18-33-26)17-21(30)27(36-25)37-12-14-38(15-13-37)28(40)42-29(2,3)4/h5-10,16-18H,11-15H2,1-4H3,(H,32,33,35)/b34-5-. The summed E-state index contributed by atoms with van der Waals surface area (Å²) in [6.45, 7) is 10.1. The molecule has 1 amide bonds.